The number of carbonyl (C=O) groups is 2. The molecule has 1 aromatic heterocycles. The van der Waals surface area contributed by atoms with Gasteiger partial charge in [0.15, 0.2) is 0 Å². The highest BCUT2D eigenvalue weighted by atomic mass is 16.4. The molecule has 6 nitrogen and oxygen atoms in total. The number of carboxylic acid groups (broad SMARTS) is 1. The topological polar surface area (TPSA) is 74.0 Å². The molecule has 1 saturated heterocycles. The average molecular weight is 404 g/mol. The quantitative estimate of drug-likeness (QED) is 0.643. The predicted octanol–water partition coefficient (Wildman–Crippen LogP) is 5.09. The molecular weight excluding hydrogens is 380 g/mol. The summed E-state index contributed by atoms with van der Waals surface area (Å²) < 4.78 is 5.93. The van der Waals surface area contributed by atoms with Gasteiger partial charge in [-0.05, 0) is 68.3 Å². The number of carboxylic acids is 1. The number of urea groups is 1. The molecule has 154 valence electrons. The van der Waals surface area contributed by atoms with Gasteiger partial charge in [-0.15, -0.1) is 0 Å². The summed E-state index contributed by atoms with van der Waals surface area (Å²) in [5.41, 5.74) is 4.16. The first-order valence-corrected chi connectivity index (χ1v) is 9.91. The minimum atomic E-state index is -0.980. The van der Waals surface area contributed by atoms with Crippen LogP contribution in [-0.2, 0) is 6.54 Å². The van der Waals surface area contributed by atoms with E-state index in [1.807, 2.05) is 44.2 Å². The Balaban J connectivity index is 1.52. The van der Waals surface area contributed by atoms with Gasteiger partial charge < -0.3 is 14.4 Å². The average Bonchev–Trinajstić information content (AvgIpc) is 3.30. The molecule has 1 aliphatic heterocycles. The molecule has 1 unspecified atom stereocenters. The summed E-state index contributed by atoms with van der Waals surface area (Å²) in [7, 11) is 0. The summed E-state index contributed by atoms with van der Waals surface area (Å²) >= 11 is 0. The Morgan fingerprint density at radius 2 is 1.90 bits per heavy atom. The first kappa shape index (κ1) is 19.8. The summed E-state index contributed by atoms with van der Waals surface area (Å²) in [6.07, 6.45) is 0. The number of rotatable bonds is 5. The number of aromatic carboxylic acids is 1. The Labute approximate surface area is 175 Å². The summed E-state index contributed by atoms with van der Waals surface area (Å²) in [4.78, 5) is 27.9. The van der Waals surface area contributed by atoms with Crippen LogP contribution in [-0.4, -0.2) is 34.6 Å². The van der Waals surface area contributed by atoms with E-state index in [0.717, 1.165) is 11.3 Å². The number of benzene rings is 2. The highest BCUT2D eigenvalue weighted by molar-refractivity contribution is 5.94. The van der Waals surface area contributed by atoms with E-state index < -0.39 is 5.97 Å². The van der Waals surface area contributed by atoms with Gasteiger partial charge in [0, 0.05) is 23.8 Å². The van der Waals surface area contributed by atoms with Crippen LogP contribution in [0.3, 0.4) is 0 Å². The molecule has 2 heterocycles. The number of amides is 2. The standard InChI is InChI=1S/C24H24N2O4/c1-15-7-8-20(11-16(15)2)26-13-17(3)25(24(26)29)14-21-9-10-22(30-21)18-5-4-6-19(12-18)23(27)28/h4-12,17H,13-14H2,1-3H3,(H,27,28). The van der Waals surface area contributed by atoms with Gasteiger partial charge in [0.05, 0.1) is 12.1 Å². The summed E-state index contributed by atoms with van der Waals surface area (Å²) in [6, 6.07) is 16.3. The fraction of sp³-hybridized carbons (Fsp3) is 0.250. The van der Waals surface area contributed by atoms with E-state index in [0.29, 0.717) is 30.2 Å². The highest BCUT2D eigenvalue weighted by Crippen LogP contribution is 2.29. The molecule has 0 spiro atoms. The van der Waals surface area contributed by atoms with E-state index in [1.54, 1.807) is 34.1 Å². The largest absolute Gasteiger partial charge is 0.478 e. The SMILES string of the molecule is Cc1ccc(N2CC(C)N(Cc3ccc(-c4cccc(C(=O)O)c4)o3)C2=O)cc1C. The van der Waals surface area contributed by atoms with Gasteiger partial charge in [-0.1, -0.05) is 18.2 Å². The Morgan fingerprint density at radius 3 is 2.63 bits per heavy atom. The molecule has 2 amide bonds. The summed E-state index contributed by atoms with van der Waals surface area (Å²) in [6.45, 7) is 7.11. The summed E-state index contributed by atoms with van der Waals surface area (Å²) in [5.74, 6) is 0.262. The third-order valence-electron chi connectivity index (χ3n) is 5.64. The molecule has 6 heteroatoms. The smallest absolute Gasteiger partial charge is 0.335 e. The van der Waals surface area contributed by atoms with Gasteiger partial charge in [-0.3, -0.25) is 4.90 Å². The van der Waals surface area contributed by atoms with E-state index in [9.17, 15) is 14.7 Å². The zero-order valence-corrected chi connectivity index (χ0v) is 17.3. The number of furan rings is 1. The van der Waals surface area contributed by atoms with Crippen LogP contribution in [0, 0.1) is 13.8 Å². The minimum absolute atomic E-state index is 0.0444. The van der Waals surface area contributed by atoms with Gasteiger partial charge in [-0.2, -0.15) is 0 Å². The van der Waals surface area contributed by atoms with Crippen LogP contribution in [0.25, 0.3) is 11.3 Å². The second-order valence-corrected chi connectivity index (χ2v) is 7.79. The number of anilines is 1. The van der Waals surface area contributed by atoms with Crippen molar-refractivity contribution in [3.8, 4) is 11.3 Å². The molecule has 30 heavy (non-hydrogen) atoms. The van der Waals surface area contributed by atoms with Crippen molar-refractivity contribution in [2.75, 3.05) is 11.4 Å². The lowest BCUT2D eigenvalue weighted by Gasteiger charge is -2.20. The van der Waals surface area contributed by atoms with E-state index >= 15 is 0 Å². The monoisotopic (exact) mass is 404 g/mol. The van der Waals surface area contributed by atoms with Crippen LogP contribution >= 0.6 is 0 Å². The first-order chi connectivity index (χ1) is 14.3. The van der Waals surface area contributed by atoms with Crippen LogP contribution in [0.5, 0.6) is 0 Å². The molecule has 4 rings (SSSR count). The van der Waals surface area contributed by atoms with Gasteiger partial charge in [0.25, 0.3) is 0 Å². The molecule has 3 aromatic rings. The molecule has 1 aliphatic rings. The highest BCUT2D eigenvalue weighted by Gasteiger charge is 2.36. The fourth-order valence-corrected chi connectivity index (χ4v) is 3.71. The van der Waals surface area contributed by atoms with Gasteiger partial charge in [0.2, 0.25) is 0 Å². The normalized spacial score (nSPS) is 16.4. The molecule has 0 saturated carbocycles. The van der Waals surface area contributed by atoms with Crippen molar-refractivity contribution in [3.63, 3.8) is 0 Å². The molecule has 0 aliphatic carbocycles. The lowest BCUT2D eigenvalue weighted by atomic mass is 10.1. The first-order valence-electron chi connectivity index (χ1n) is 9.91. The van der Waals surface area contributed by atoms with E-state index in [2.05, 4.69) is 6.92 Å². The molecule has 0 bridgehead atoms. The van der Waals surface area contributed by atoms with Crippen LogP contribution in [0.1, 0.15) is 34.2 Å². The van der Waals surface area contributed by atoms with Gasteiger partial charge in [0.1, 0.15) is 11.5 Å². The third-order valence-corrected chi connectivity index (χ3v) is 5.64. The minimum Gasteiger partial charge on any atom is -0.478 e. The third kappa shape index (κ3) is 3.68. The van der Waals surface area contributed by atoms with Crippen molar-refractivity contribution in [3.05, 3.63) is 77.0 Å². The fourth-order valence-electron chi connectivity index (χ4n) is 3.71. The van der Waals surface area contributed by atoms with Crippen molar-refractivity contribution in [1.82, 2.24) is 4.90 Å². The zero-order chi connectivity index (χ0) is 21.4. The van der Waals surface area contributed by atoms with Crippen LogP contribution in [0.2, 0.25) is 0 Å². The molecule has 1 atom stereocenters. The number of aryl methyl sites for hydroxylation is 2. The van der Waals surface area contributed by atoms with Crippen LogP contribution in [0.15, 0.2) is 59.0 Å². The second-order valence-electron chi connectivity index (χ2n) is 7.79. The number of hydrogen-bond acceptors (Lipinski definition) is 3. The van der Waals surface area contributed by atoms with E-state index in [-0.39, 0.29) is 17.6 Å². The number of nitrogens with zero attached hydrogens (tertiary/aromatic N) is 2. The van der Waals surface area contributed by atoms with E-state index in [4.69, 9.17) is 4.42 Å². The van der Waals surface area contributed by atoms with E-state index in [1.165, 1.54) is 5.56 Å². The zero-order valence-electron chi connectivity index (χ0n) is 17.3. The van der Waals surface area contributed by atoms with Crippen molar-refractivity contribution in [2.45, 2.75) is 33.4 Å². The molecule has 0 radical (unpaired) electrons. The van der Waals surface area contributed by atoms with Crippen LogP contribution in [0.4, 0.5) is 10.5 Å². The number of carbonyl (C=O) groups excluding carboxylic acids is 1. The lowest BCUT2D eigenvalue weighted by Crippen LogP contribution is -2.33. The van der Waals surface area contributed by atoms with Gasteiger partial charge in [-0.25, -0.2) is 9.59 Å². The maximum atomic E-state index is 13.1. The molecule has 1 N–H and O–H groups in total. The summed E-state index contributed by atoms with van der Waals surface area (Å²) in [5, 5.41) is 9.18. The molecular formula is C24H24N2O4. The van der Waals surface area contributed by atoms with Crippen LogP contribution < -0.4 is 4.90 Å². The molecule has 1 fully saturated rings. The van der Waals surface area contributed by atoms with Crippen molar-refractivity contribution < 1.29 is 19.1 Å². The second kappa shape index (κ2) is 7.71. The predicted molar refractivity (Wildman–Crippen MR) is 115 cm³/mol. The Hall–Kier alpha value is -3.54. The van der Waals surface area contributed by atoms with Crippen molar-refractivity contribution in [1.29, 1.82) is 0 Å². The van der Waals surface area contributed by atoms with Crippen molar-refractivity contribution in [2.24, 2.45) is 0 Å². The number of hydrogen-bond donors (Lipinski definition) is 1. The Morgan fingerprint density at radius 1 is 1.10 bits per heavy atom. The van der Waals surface area contributed by atoms with Gasteiger partial charge >= 0.3 is 12.0 Å². The Bertz CT molecular complexity index is 1120. The lowest BCUT2D eigenvalue weighted by molar-refractivity contribution is 0.0697. The maximum absolute atomic E-state index is 13.1. The molecule has 2 aromatic carbocycles. The Kier molecular flexibility index (Phi) is 5.08. The maximum Gasteiger partial charge on any atom is 0.335 e. The van der Waals surface area contributed by atoms with Crippen molar-refractivity contribution >= 4 is 17.7 Å².